The minimum absolute atomic E-state index is 0.238. The largest absolute Gasteiger partial charge is 0.382 e. The predicted octanol–water partition coefficient (Wildman–Crippen LogP) is 6.42. The standard InChI is InChI=1S/C12H18N4.2C10H15N5.C8H12N6/c1-6(2)16-9(5)7(3)10-11(16)8(4)14-15-12(10)13;1-5(2)15-7(4)12-8-9(15)6(3)13-14-10(8)11;1-5(2)15-9-7(4)12-13-10(11)8(9)6(3)14-15;1-4(2)14-7-5(3)10-12-8(9)6(7)11-13-14/h6H,1-5H3,(H2,13,15);5H,1-4H3,(H2,11,14);5H,1-4H3,(H2,11,13);4H,1-3H3,(H2,9,12). The molecule has 0 aliphatic rings. The summed E-state index contributed by atoms with van der Waals surface area (Å²) < 4.78 is 8.17. The minimum atomic E-state index is 0.238. The highest BCUT2D eigenvalue weighted by molar-refractivity contribution is 5.95. The van der Waals surface area contributed by atoms with E-state index in [1.807, 2.05) is 60.1 Å². The zero-order valence-corrected chi connectivity index (χ0v) is 37.8. The summed E-state index contributed by atoms with van der Waals surface area (Å²) in [5.41, 5.74) is 35.4. The van der Waals surface area contributed by atoms with Gasteiger partial charge in [0.2, 0.25) is 0 Å². The number of nitrogen functional groups attached to an aromatic ring is 4. The van der Waals surface area contributed by atoms with Crippen molar-refractivity contribution in [1.82, 2.24) is 79.7 Å². The van der Waals surface area contributed by atoms with Gasteiger partial charge in [-0.25, -0.2) is 9.67 Å². The molecule has 0 spiro atoms. The van der Waals surface area contributed by atoms with Gasteiger partial charge in [-0.2, -0.15) is 25.5 Å². The van der Waals surface area contributed by atoms with E-state index in [0.717, 1.165) is 72.6 Å². The topological polar surface area (TPSA) is 278 Å². The molecule has 0 aliphatic carbocycles. The quantitative estimate of drug-likeness (QED) is 0.149. The number of anilines is 4. The van der Waals surface area contributed by atoms with Crippen LogP contribution < -0.4 is 22.9 Å². The second kappa shape index (κ2) is 17.3. The molecule has 0 amide bonds. The third-order valence-corrected chi connectivity index (χ3v) is 10.2. The minimum Gasteiger partial charge on any atom is -0.382 e. The Labute approximate surface area is 349 Å². The summed E-state index contributed by atoms with van der Waals surface area (Å²) in [5.74, 6) is 2.67. The fourth-order valence-electron chi connectivity index (χ4n) is 7.48. The van der Waals surface area contributed by atoms with Crippen molar-refractivity contribution in [2.75, 3.05) is 22.9 Å². The molecule has 8 heterocycles. The highest BCUT2D eigenvalue weighted by Crippen LogP contribution is 2.32. The van der Waals surface area contributed by atoms with Gasteiger partial charge >= 0.3 is 0 Å². The molecule has 0 atom stereocenters. The Bertz CT molecular complexity index is 2800. The molecule has 20 nitrogen and oxygen atoms in total. The van der Waals surface area contributed by atoms with Gasteiger partial charge in [-0.05, 0) is 116 Å². The second-order valence-electron chi connectivity index (χ2n) is 16.1. The fourth-order valence-corrected chi connectivity index (χ4v) is 7.48. The molecule has 0 saturated carbocycles. The third-order valence-electron chi connectivity index (χ3n) is 10.2. The predicted molar refractivity (Wildman–Crippen MR) is 238 cm³/mol. The maximum absolute atomic E-state index is 5.92. The molecule has 8 N–H and O–H groups in total. The average Bonchev–Trinajstić information content (AvgIpc) is 3.95. The van der Waals surface area contributed by atoms with Crippen molar-refractivity contribution in [1.29, 1.82) is 0 Å². The summed E-state index contributed by atoms with van der Waals surface area (Å²) in [7, 11) is 0. The second-order valence-corrected chi connectivity index (χ2v) is 16.1. The highest BCUT2D eigenvalue weighted by Gasteiger charge is 2.20. The fraction of sp³-hybridized carbons (Fsp3) is 0.500. The van der Waals surface area contributed by atoms with Crippen LogP contribution in [0.5, 0.6) is 0 Å². The lowest BCUT2D eigenvalue weighted by molar-refractivity contribution is 0.528. The summed E-state index contributed by atoms with van der Waals surface area (Å²) in [6.07, 6.45) is 0. The van der Waals surface area contributed by atoms with Crippen LogP contribution in [0.4, 0.5) is 23.3 Å². The first-order chi connectivity index (χ1) is 28.1. The van der Waals surface area contributed by atoms with Crippen LogP contribution in [0.2, 0.25) is 0 Å². The van der Waals surface area contributed by atoms with Gasteiger partial charge in [0.15, 0.2) is 28.8 Å². The number of imidazole rings is 1. The van der Waals surface area contributed by atoms with E-state index >= 15 is 0 Å². The van der Waals surface area contributed by atoms with Crippen molar-refractivity contribution in [2.24, 2.45) is 0 Å². The van der Waals surface area contributed by atoms with Gasteiger partial charge in [0, 0.05) is 35.2 Å². The maximum atomic E-state index is 5.92. The monoisotopic (exact) mass is 821 g/mol. The van der Waals surface area contributed by atoms with Gasteiger partial charge in [-0.3, -0.25) is 4.68 Å². The van der Waals surface area contributed by atoms with E-state index in [0.29, 0.717) is 46.9 Å². The first-order valence-electron chi connectivity index (χ1n) is 20.0. The molecule has 8 aromatic rings. The van der Waals surface area contributed by atoms with Crippen LogP contribution in [0.3, 0.4) is 0 Å². The lowest BCUT2D eigenvalue weighted by Crippen LogP contribution is -2.05. The van der Waals surface area contributed by atoms with Crippen LogP contribution >= 0.6 is 0 Å². The molecule has 60 heavy (non-hydrogen) atoms. The summed E-state index contributed by atoms with van der Waals surface area (Å²) in [5, 5.41) is 46.1. The van der Waals surface area contributed by atoms with Gasteiger partial charge < -0.3 is 32.1 Å². The molecule has 0 radical (unpaired) electrons. The lowest BCUT2D eigenvalue weighted by Gasteiger charge is -2.13. The smallest absolute Gasteiger partial charge is 0.176 e. The molecule has 0 aliphatic heterocycles. The van der Waals surface area contributed by atoms with E-state index in [9.17, 15) is 0 Å². The Morgan fingerprint density at radius 3 is 1.37 bits per heavy atom. The van der Waals surface area contributed by atoms with E-state index in [-0.39, 0.29) is 6.04 Å². The van der Waals surface area contributed by atoms with Crippen molar-refractivity contribution in [3.63, 3.8) is 0 Å². The van der Waals surface area contributed by atoms with E-state index in [1.165, 1.54) is 11.3 Å². The zero-order valence-electron chi connectivity index (χ0n) is 37.8. The van der Waals surface area contributed by atoms with Gasteiger partial charge in [0.25, 0.3) is 0 Å². The Hall–Kier alpha value is -6.60. The number of hydrogen-bond acceptors (Lipinski definition) is 16. The normalized spacial score (nSPS) is 11.5. The number of fused-ring (bicyclic) bond motifs is 4. The number of nitrogens with zero attached hydrogens (tertiary/aromatic N) is 16. The van der Waals surface area contributed by atoms with Gasteiger partial charge in [-0.15, -0.1) is 25.5 Å². The molecule has 0 saturated heterocycles. The molecular weight excluding hydrogens is 761 g/mol. The van der Waals surface area contributed by atoms with Crippen molar-refractivity contribution < 1.29 is 0 Å². The number of rotatable bonds is 4. The van der Waals surface area contributed by atoms with Crippen LogP contribution in [0.1, 0.15) is 125 Å². The number of aromatic nitrogens is 16. The van der Waals surface area contributed by atoms with Gasteiger partial charge in [-0.1, -0.05) is 5.21 Å². The number of aryl methyl sites for hydroxylation is 7. The molecule has 0 bridgehead atoms. The summed E-state index contributed by atoms with van der Waals surface area (Å²) in [6, 6.07) is 1.28. The molecule has 0 aromatic carbocycles. The summed E-state index contributed by atoms with van der Waals surface area (Å²) >= 11 is 0. The third kappa shape index (κ3) is 8.17. The van der Waals surface area contributed by atoms with Crippen molar-refractivity contribution in [3.05, 3.63) is 45.6 Å². The van der Waals surface area contributed by atoms with Crippen LogP contribution in [0.25, 0.3) is 43.9 Å². The van der Waals surface area contributed by atoms with Crippen LogP contribution in [0, 0.1) is 55.4 Å². The SMILES string of the molecule is Cc1c(C)n(C(C)C)c2c(C)nnc(N)c12.Cc1nn(C(C)C)c2c(C)nnc(N)c12.Cc1nnc(N)c2nc(C)n(C(C)C)c12.Cc1nnc(N)c2nnn(C(C)C)c12. The first kappa shape index (κ1) is 44.5. The molecule has 8 aromatic heterocycles. The van der Waals surface area contributed by atoms with E-state index in [4.69, 9.17) is 22.9 Å². The Balaban J connectivity index is 0.000000152. The zero-order chi connectivity index (χ0) is 44.7. The number of hydrogen-bond donors (Lipinski definition) is 4. The Morgan fingerprint density at radius 2 is 0.850 bits per heavy atom. The van der Waals surface area contributed by atoms with E-state index < -0.39 is 0 Å². The molecule has 8 rings (SSSR count). The average molecular weight is 821 g/mol. The highest BCUT2D eigenvalue weighted by atomic mass is 15.4. The number of nitrogens with two attached hydrogens (primary N) is 4. The Morgan fingerprint density at radius 1 is 0.400 bits per heavy atom. The lowest BCUT2D eigenvalue weighted by atomic mass is 10.2. The van der Waals surface area contributed by atoms with Crippen molar-refractivity contribution >= 4 is 67.1 Å². The molecule has 20 heteroatoms. The van der Waals surface area contributed by atoms with Gasteiger partial charge in [0.05, 0.1) is 50.4 Å². The maximum Gasteiger partial charge on any atom is 0.176 e. The van der Waals surface area contributed by atoms with Crippen LogP contribution in [-0.2, 0) is 0 Å². The van der Waals surface area contributed by atoms with E-state index in [2.05, 4.69) is 126 Å². The molecular formula is C40H60N20. The molecule has 0 unspecified atom stereocenters. The van der Waals surface area contributed by atoms with Crippen molar-refractivity contribution in [3.8, 4) is 0 Å². The van der Waals surface area contributed by atoms with Crippen molar-refractivity contribution in [2.45, 2.75) is 135 Å². The summed E-state index contributed by atoms with van der Waals surface area (Å²) in [6.45, 7) is 32.6. The van der Waals surface area contributed by atoms with Gasteiger partial charge in [0.1, 0.15) is 16.9 Å². The molecule has 0 fully saturated rings. The Kier molecular flexibility index (Phi) is 12.8. The van der Waals surface area contributed by atoms with E-state index in [1.54, 1.807) is 4.68 Å². The summed E-state index contributed by atoms with van der Waals surface area (Å²) in [4.78, 5) is 4.43. The van der Waals surface area contributed by atoms with Crippen LogP contribution in [-0.4, -0.2) is 79.7 Å². The van der Waals surface area contributed by atoms with Crippen LogP contribution in [0.15, 0.2) is 0 Å². The first-order valence-corrected chi connectivity index (χ1v) is 20.0. The molecule has 320 valence electrons.